The number of hydrogen-bond acceptors (Lipinski definition) is 2. The number of carbonyl (C=O) groups is 1. The molecule has 1 saturated heterocycles. The van der Waals surface area contributed by atoms with Crippen LogP contribution in [0.3, 0.4) is 0 Å². The molecular formula is C18H28N2O. The molecule has 1 aromatic carbocycles. The van der Waals surface area contributed by atoms with E-state index in [1.165, 1.54) is 18.4 Å². The standard InChI is InChI=1S/C18H28N2O/c1-3-20(4-2)18(21)15-19-13-8-11-17(12-14-19)16-9-6-5-7-10-16/h5-7,9-10,17H,3-4,8,11-15H2,1-2H3. The third-order valence-electron chi connectivity index (χ3n) is 4.57. The molecule has 0 spiro atoms. The maximum atomic E-state index is 12.2. The van der Waals surface area contributed by atoms with Crippen molar-refractivity contribution in [2.45, 2.75) is 39.0 Å². The first-order valence-electron chi connectivity index (χ1n) is 8.29. The first-order valence-corrected chi connectivity index (χ1v) is 8.29. The summed E-state index contributed by atoms with van der Waals surface area (Å²) in [6, 6.07) is 10.8. The van der Waals surface area contributed by atoms with Crippen molar-refractivity contribution in [3.05, 3.63) is 35.9 Å². The average molecular weight is 288 g/mol. The van der Waals surface area contributed by atoms with Crippen molar-refractivity contribution in [2.75, 3.05) is 32.7 Å². The Bertz CT molecular complexity index is 428. The highest BCUT2D eigenvalue weighted by Gasteiger charge is 2.21. The molecule has 21 heavy (non-hydrogen) atoms. The summed E-state index contributed by atoms with van der Waals surface area (Å²) in [6.45, 7) is 8.41. The first-order chi connectivity index (χ1) is 10.2. The molecule has 2 rings (SSSR count). The Morgan fingerprint density at radius 3 is 2.52 bits per heavy atom. The number of likely N-dealkylation sites (N-methyl/N-ethyl adjacent to an activating group) is 1. The molecule has 1 aliphatic heterocycles. The molecule has 1 atom stereocenters. The predicted octanol–water partition coefficient (Wildman–Crippen LogP) is 3.12. The Kier molecular flexibility index (Phi) is 6.24. The van der Waals surface area contributed by atoms with Gasteiger partial charge >= 0.3 is 0 Å². The molecule has 0 bridgehead atoms. The fourth-order valence-corrected chi connectivity index (χ4v) is 3.24. The van der Waals surface area contributed by atoms with Gasteiger partial charge in [0.25, 0.3) is 0 Å². The minimum atomic E-state index is 0.276. The molecular weight excluding hydrogens is 260 g/mol. The molecule has 3 nitrogen and oxygen atoms in total. The normalized spacial score (nSPS) is 20.0. The molecule has 1 unspecified atom stereocenters. The van der Waals surface area contributed by atoms with Crippen molar-refractivity contribution in [2.24, 2.45) is 0 Å². The Balaban J connectivity index is 1.88. The highest BCUT2D eigenvalue weighted by Crippen LogP contribution is 2.27. The molecule has 0 radical (unpaired) electrons. The van der Waals surface area contributed by atoms with E-state index in [1.54, 1.807) is 0 Å². The maximum Gasteiger partial charge on any atom is 0.236 e. The Morgan fingerprint density at radius 1 is 1.14 bits per heavy atom. The van der Waals surface area contributed by atoms with E-state index < -0.39 is 0 Å². The van der Waals surface area contributed by atoms with Crippen molar-refractivity contribution in [1.29, 1.82) is 0 Å². The van der Waals surface area contributed by atoms with Gasteiger partial charge in [0.2, 0.25) is 5.91 Å². The number of amides is 1. The average Bonchev–Trinajstić information content (AvgIpc) is 2.75. The van der Waals surface area contributed by atoms with Crippen LogP contribution in [-0.4, -0.2) is 48.4 Å². The highest BCUT2D eigenvalue weighted by atomic mass is 16.2. The summed E-state index contributed by atoms with van der Waals surface area (Å²) in [4.78, 5) is 16.5. The summed E-state index contributed by atoms with van der Waals surface area (Å²) in [6.07, 6.45) is 3.58. The molecule has 116 valence electrons. The molecule has 0 N–H and O–H groups in total. The van der Waals surface area contributed by atoms with Crippen LogP contribution in [0.1, 0.15) is 44.6 Å². The van der Waals surface area contributed by atoms with E-state index in [1.807, 2.05) is 4.90 Å². The van der Waals surface area contributed by atoms with E-state index in [9.17, 15) is 4.79 Å². The van der Waals surface area contributed by atoms with Gasteiger partial charge in [0.15, 0.2) is 0 Å². The van der Waals surface area contributed by atoms with Crippen LogP contribution in [0.5, 0.6) is 0 Å². The molecule has 1 aromatic rings. The first kappa shape index (κ1) is 16.0. The van der Waals surface area contributed by atoms with Gasteiger partial charge in [0.05, 0.1) is 6.54 Å². The van der Waals surface area contributed by atoms with Crippen LogP contribution in [0.25, 0.3) is 0 Å². The van der Waals surface area contributed by atoms with Gasteiger partial charge in [-0.05, 0) is 57.7 Å². The van der Waals surface area contributed by atoms with Gasteiger partial charge in [-0.25, -0.2) is 0 Å². The van der Waals surface area contributed by atoms with E-state index in [4.69, 9.17) is 0 Å². The molecule has 0 aliphatic carbocycles. The smallest absolute Gasteiger partial charge is 0.236 e. The van der Waals surface area contributed by atoms with Crippen LogP contribution in [0, 0.1) is 0 Å². The summed E-state index contributed by atoms with van der Waals surface area (Å²) in [7, 11) is 0. The lowest BCUT2D eigenvalue weighted by Gasteiger charge is -2.24. The lowest BCUT2D eigenvalue weighted by Crippen LogP contribution is -2.40. The number of rotatable bonds is 5. The van der Waals surface area contributed by atoms with Crippen LogP contribution < -0.4 is 0 Å². The van der Waals surface area contributed by atoms with Gasteiger partial charge < -0.3 is 4.90 Å². The van der Waals surface area contributed by atoms with Crippen molar-refractivity contribution in [1.82, 2.24) is 9.80 Å². The second kappa shape index (κ2) is 8.18. The fraction of sp³-hybridized carbons (Fsp3) is 0.611. The van der Waals surface area contributed by atoms with Crippen molar-refractivity contribution < 1.29 is 4.79 Å². The zero-order chi connectivity index (χ0) is 15.1. The van der Waals surface area contributed by atoms with Crippen LogP contribution in [0.15, 0.2) is 30.3 Å². The third kappa shape index (κ3) is 4.57. The molecule has 1 fully saturated rings. The second-order valence-electron chi connectivity index (χ2n) is 5.88. The van der Waals surface area contributed by atoms with Gasteiger partial charge in [-0.15, -0.1) is 0 Å². The number of nitrogens with zero attached hydrogens (tertiary/aromatic N) is 2. The number of carbonyl (C=O) groups excluding carboxylic acids is 1. The maximum absolute atomic E-state index is 12.2. The van der Waals surface area contributed by atoms with E-state index in [2.05, 4.69) is 49.1 Å². The van der Waals surface area contributed by atoms with E-state index in [-0.39, 0.29) is 5.91 Å². The predicted molar refractivity (Wildman–Crippen MR) is 87.4 cm³/mol. The third-order valence-corrected chi connectivity index (χ3v) is 4.57. The van der Waals surface area contributed by atoms with E-state index in [0.29, 0.717) is 12.5 Å². The number of likely N-dealkylation sites (tertiary alicyclic amines) is 1. The SMILES string of the molecule is CCN(CC)C(=O)CN1CCCC(c2ccccc2)CC1. The fourth-order valence-electron chi connectivity index (χ4n) is 3.24. The van der Waals surface area contributed by atoms with Gasteiger partial charge in [0, 0.05) is 13.1 Å². The van der Waals surface area contributed by atoms with Gasteiger partial charge in [-0.3, -0.25) is 9.69 Å². The summed E-state index contributed by atoms with van der Waals surface area (Å²) in [5.74, 6) is 0.929. The summed E-state index contributed by atoms with van der Waals surface area (Å²) in [5, 5.41) is 0. The van der Waals surface area contributed by atoms with Crippen molar-refractivity contribution in [3.8, 4) is 0 Å². The zero-order valence-electron chi connectivity index (χ0n) is 13.4. The van der Waals surface area contributed by atoms with E-state index in [0.717, 1.165) is 32.6 Å². The van der Waals surface area contributed by atoms with Crippen LogP contribution in [0.4, 0.5) is 0 Å². The Morgan fingerprint density at radius 2 is 1.86 bits per heavy atom. The Labute approximate surface area is 128 Å². The van der Waals surface area contributed by atoms with E-state index >= 15 is 0 Å². The molecule has 0 saturated carbocycles. The largest absolute Gasteiger partial charge is 0.342 e. The second-order valence-corrected chi connectivity index (χ2v) is 5.88. The van der Waals surface area contributed by atoms with Gasteiger partial charge in [0.1, 0.15) is 0 Å². The summed E-state index contributed by atoms with van der Waals surface area (Å²) >= 11 is 0. The number of benzene rings is 1. The minimum Gasteiger partial charge on any atom is -0.342 e. The Hall–Kier alpha value is -1.35. The quantitative estimate of drug-likeness (QED) is 0.831. The summed E-state index contributed by atoms with van der Waals surface area (Å²) < 4.78 is 0. The van der Waals surface area contributed by atoms with Crippen LogP contribution >= 0.6 is 0 Å². The van der Waals surface area contributed by atoms with Crippen LogP contribution in [0.2, 0.25) is 0 Å². The topological polar surface area (TPSA) is 23.6 Å². The zero-order valence-corrected chi connectivity index (χ0v) is 13.4. The summed E-state index contributed by atoms with van der Waals surface area (Å²) in [5.41, 5.74) is 1.45. The monoisotopic (exact) mass is 288 g/mol. The van der Waals surface area contributed by atoms with Gasteiger partial charge in [-0.2, -0.15) is 0 Å². The van der Waals surface area contributed by atoms with Crippen molar-refractivity contribution >= 4 is 5.91 Å². The molecule has 3 heteroatoms. The lowest BCUT2D eigenvalue weighted by molar-refractivity contribution is -0.132. The van der Waals surface area contributed by atoms with Crippen LogP contribution in [-0.2, 0) is 4.79 Å². The highest BCUT2D eigenvalue weighted by molar-refractivity contribution is 5.78. The minimum absolute atomic E-state index is 0.276. The molecule has 1 amide bonds. The lowest BCUT2D eigenvalue weighted by atomic mass is 9.92. The van der Waals surface area contributed by atoms with Gasteiger partial charge in [-0.1, -0.05) is 30.3 Å². The van der Waals surface area contributed by atoms with Crippen molar-refractivity contribution in [3.63, 3.8) is 0 Å². The molecule has 0 aromatic heterocycles. The number of hydrogen-bond donors (Lipinski definition) is 0. The molecule has 1 aliphatic rings. The molecule has 1 heterocycles.